The third-order valence-corrected chi connectivity index (χ3v) is 1.80. The number of Topliss-reactive ketones (excluding diaryl/α,β-unsaturated/α-hetero) is 1. The Bertz CT molecular complexity index is 238. The van der Waals surface area contributed by atoms with E-state index in [9.17, 15) is 14.4 Å². The van der Waals surface area contributed by atoms with Crippen molar-refractivity contribution in [3.8, 4) is 0 Å². The molecule has 15 heavy (non-hydrogen) atoms. The van der Waals surface area contributed by atoms with Crippen LogP contribution in [0.2, 0.25) is 0 Å². The molecule has 0 amide bonds. The second kappa shape index (κ2) is 8.11. The molecule has 0 aromatic heterocycles. The first-order chi connectivity index (χ1) is 7.10. The molecule has 0 radical (unpaired) electrons. The van der Waals surface area contributed by atoms with Gasteiger partial charge in [-0.25, -0.2) is 0 Å². The number of carbonyl (C=O) groups excluding carboxylic acids is 3. The van der Waals surface area contributed by atoms with E-state index >= 15 is 0 Å². The predicted octanol–water partition coefficient (Wildman–Crippen LogP) is 0.554. The number of hydrogen-bond donors (Lipinski definition) is 1. The highest BCUT2D eigenvalue weighted by molar-refractivity contribution is 5.89. The molecule has 0 saturated heterocycles. The van der Waals surface area contributed by atoms with Crippen LogP contribution in [0.4, 0.5) is 0 Å². The second-order valence-corrected chi connectivity index (χ2v) is 3.19. The largest absolute Gasteiger partial charge is 0.393 e. The third-order valence-electron chi connectivity index (χ3n) is 1.80. The summed E-state index contributed by atoms with van der Waals surface area (Å²) >= 11 is 0. The van der Waals surface area contributed by atoms with Crippen LogP contribution in [0.25, 0.3) is 0 Å². The molecule has 0 aromatic rings. The van der Waals surface area contributed by atoms with Crippen LogP contribution in [-0.2, 0) is 19.1 Å². The lowest BCUT2D eigenvalue weighted by Gasteiger charge is -2.01. The molecular formula is C10H17NO4. The van der Waals surface area contributed by atoms with Gasteiger partial charge in [0.25, 0.3) is 0 Å². The normalized spacial score (nSPS) is 9.73. The van der Waals surface area contributed by atoms with E-state index in [0.29, 0.717) is 6.42 Å². The van der Waals surface area contributed by atoms with E-state index in [1.807, 2.05) is 6.92 Å². The highest BCUT2D eigenvalue weighted by Gasteiger charge is 2.11. The maximum atomic E-state index is 11.0. The van der Waals surface area contributed by atoms with Crippen molar-refractivity contribution in [1.82, 2.24) is 0 Å². The number of nitrogens with two attached hydrogens (primary N) is 1. The second-order valence-electron chi connectivity index (χ2n) is 3.19. The number of esters is 2. The molecule has 5 heteroatoms. The maximum Gasteiger partial charge on any atom is 0.313 e. The summed E-state index contributed by atoms with van der Waals surface area (Å²) in [5.41, 5.74) is 5.06. The molecule has 2 N–H and O–H groups in total. The van der Waals surface area contributed by atoms with Crippen LogP contribution in [0.1, 0.15) is 39.0 Å². The van der Waals surface area contributed by atoms with Crippen LogP contribution in [0, 0.1) is 0 Å². The van der Waals surface area contributed by atoms with E-state index in [1.54, 1.807) is 0 Å². The van der Waals surface area contributed by atoms with Crippen LogP contribution in [0.5, 0.6) is 0 Å². The van der Waals surface area contributed by atoms with Crippen molar-refractivity contribution in [3.05, 3.63) is 0 Å². The van der Waals surface area contributed by atoms with E-state index in [-0.39, 0.29) is 31.6 Å². The van der Waals surface area contributed by atoms with Crippen molar-refractivity contribution in [2.45, 2.75) is 39.0 Å². The molecule has 0 atom stereocenters. The van der Waals surface area contributed by atoms with Crippen LogP contribution in [-0.4, -0.2) is 24.3 Å². The number of carbonyl (C=O) groups is 3. The number of unbranched alkanes of at least 4 members (excludes halogenated alkanes) is 1. The van der Waals surface area contributed by atoms with E-state index in [4.69, 9.17) is 5.73 Å². The summed E-state index contributed by atoms with van der Waals surface area (Å²) in [6.45, 7) is 1.85. The Balaban J connectivity index is 3.64. The number of ketones is 1. The van der Waals surface area contributed by atoms with Crippen LogP contribution in [0.3, 0.4) is 0 Å². The van der Waals surface area contributed by atoms with Gasteiger partial charge in [-0.2, -0.15) is 0 Å². The lowest BCUT2D eigenvalue weighted by Crippen LogP contribution is -2.17. The summed E-state index contributed by atoms with van der Waals surface area (Å²) < 4.78 is 4.48. The molecule has 0 fully saturated rings. The molecule has 0 unspecified atom stereocenters. The molecule has 0 rings (SSSR count). The minimum absolute atomic E-state index is 0.0381. The standard InChI is InChI=1S/C10H17NO4/c1-2-3-4-9(13)15-10(14)6-5-8(12)7-11/h2-7,11H2,1H3. The fourth-order valence-corrected chi connectivity index (χ4v) is 0.894. The molecule has 0 aliphatic rings. The Kier molecular flexibility index (Phi) is 7.44. The Morgan fingerprint density at radius 1 is 1.07 bits per heavy atom. The zero-order valence-electron chi connectivity index (χ0n) is 8.95. The van der Waals surface area contributed by atoms with Gasteiger partial charge < -0.3 is 10.5 Å². The summed E-state index contributed by atoms with van der Waals surface area (Å²) in [6, 6.07) is 0. The summed E-state index contributed by atoms with van der Waals surface area (Å²) in [7, 11) is 0. The van der Waals surface area contributed by atoms with Gasteiger partial charge in [0.1, 0.15) is 5.78 Å². The highest BCUT2D eigenvalue weighted by Crippen LogP contribution is 1.99. The quantitative estimate of drug-likeness (QED) is 0.495. The fraction of sp³-hybridized carbons (Fsp3) is 0.700. The fourth-order valence-electron chi connectivity index (χ4n) is 0.894. The van der Waals surface area contributed by atoms with Crippen molar-refractivity contribution in [2.75, 3.05) is 6.54 Å². The van der Waals surface area contributed by atoms with Gasteiger partial charge in [0.2, 0.25) is 0 Å². The van der Waals surface area contributed by atoms with Gasteiger partial charge in [0.15, 0.2) is 0 Å². The van der Waals surface area contributed by atoms with E-state index in [0.717, 1.165) is 6.42 Å². The Morgan fingerprint density at radius 3 is 2.20 bits per heavy atom. The van der Waals surface area contributed by atoms with Crippen molar-refractivity contribution >= 4 is 17.7 Å². The Hall–Kier alpha value is -1.23. The highest BCUT2D eigenvalue weighted by atomic mass is 16.6. The Morgan fingerprint density at radius 2 is 1.67 bits per heavy atom. The molecule has 0 aliphatic carbocycles. The summed E-state index contributed by atoms with van der Waals surface area (Å²) in [6.07, 6.45) is 1.78. The number of rotatable bonds is 7. The van der Waals surface area contributed by atoms with Crippen LogP contribution in [0.15, 0.2) is 0 Å². The van der Waals surface area contributed by atoms with Gasteiger partial charge in [0, 0.05) is 12.8 Å². The Labute approximate surface area is 89.0 Å². The van der Waals surface area contributed by atoms with E-state index < -0.39 is 11.9 Å². The van der Waals surface area contributed by atoms with Crippen molar-refractivity contribution in [2.24, 2.45) is 5.73 Å². The minimum Gasteiger partial charge on any atom is -0.393 e. The summed E-state index contributed by atoms with van der Waals surface area (Å²) in [5.74, 6) is -1.40. The van der Waals surface area contributed by atoms with Gasteiger partial charge in [0.05, 0.1) is 13.0 Å². The summed E-state index contributed by atoms with van der Waals surface area (Å²) in [5, 5.41) is 0. The first-order valence-electron chi connectivity index (χ1n) is 5.05. The molecule has 0 heterocycles. The van der Waals surface area contributed by atoms with Crippen molar-refractivity contribution in [3.63, 3.8) is 0 Å². The van der Waals surface area contributed by atoms with Gasteiger partial charge in [-0.1, -0.05) is 13.3 Å². The minimum atomic E-state index is -0.655. The molecular weight excluding hydrogens is 198 g/mol. The average molecular weight is 215 g/mol. The first-order valence-corrected chi connectivity index (χ1v) is 5.05. The number of hydrogen-bond acceptors (Lipinski definition) is 5. The summed E-state index contributed by atoms with van der Waals surface area (Å²) in [4.78, 5) is 32.7. The lowest BCUT2D eigenvalue weighted by atomic mass is 10.2. The lowest BCUT2D eigenvalue weighted by molar-refractivity contribution is -0.160. The molecule has 0 saturated carbocycles. The molecule has 5 nitrogen and oxygen atoms in total. The molecule has 0 spiro atoms. The van der Waals surface area contributed by atoms with Crippen molar-refractivity contribution < 1.29 is 19.1 Å². The van der Waals surface area contributed by atoms with Gasteiger partial charge in [-0.3, -0.25) is 14.4 Å². The van der Waals surface area contributed by atoms with Gasteiger partial charge >= 0.3 is 11.9 Å². The zero-order chi connectivity index (χ0) is 11.7. The van der Waals surface area contributed by atoms with E-state index in [2.05, 4.69) is 4.74 Å². The SMILES string of the molecule is CCCCC(=O)OC(=O)CCC(=O)CN. The van der Waals surface area contributed by atoms with Crippen molar-refractivity contribution in [1.29, 1.82) is 0 Å². The first kappa shape index (κ1) is 13.8. The third kappa shape index (κ3) is 7.81. The molecule has 86 valence electrons. The maximum absolute atomic E-state index is 11.0. The van der Waals surface area contributed by atoms with Gasteiger partial charge in [-0.05, 0) is 6.42 Å². The van der Waals surface area contributed by atoms with Crippen LogP contribution >= 0.6 is 0 Å². The smallest absolute Gasteiger partial charge is 0.313 e. The average Bonchev–Trinajstić information content (AvgIpc) is 2.22. The van der Waals surface area contributed by atoms with Gasteiger partial charge in [-0.15, -0.1) is 0 Å². The van der Waals surface area contributed by atoms with E-state index in [1.165, 1.54) is 0 Å². The molecule has 0 aromatic carbocycles. The molecule has 0 bridgehead atoms. The zero-order valence-corrected chi connectivity index (χ0v) is 8.95. The monoisotopic (exact) mass is 215 g/mol. The van der Waals surface area contributed by atoms with Crippen LogP contribution < -0.4 is 5.73 Å². The number of ether oxygens (including phenoxy) is 1. The predicted molar refractivity (Wildman–Crippen MR) is 53.9 cm³/mol. The topological polar surface area (TPSA) is 86.5 Å². The molecule has 0 aliphatic heterocycles.